The molecule has 1 aromatic carbocycles. The molecule has 0 bridgehead atoms. The first-order chi connectivity index (χ1) is 8.02. The van der Waals surface area contributed by atoms with Crippen molar-refractivity contribution in [2.75, 3.05) is 7.11 Å². The number of aliphatic hydroxyl groups is 1. The number of aromatic hydroxyl groups is 1. The molecule has 0 amide bonds. The number of hydrogen-bond donors (Lipinski definition) is 2. The Morgan fingerprint density at radius 3 is 2.76 bits per heavy atom. The van der Waals surface area contributed by atoms with Gasteiger partial charge in [0.05, 0.1) is 13.2 Å². The van der Waals surface area contributed by atoms with Gasteiger partial charge in [0.15, 0.2) is 11.5 Å². The van der Waals surface area contributed by atoms with Crippen LogP contribution in [0.2, 0.25) is 0 Å². The van der Waals surface area contributed by atoms with Crippen LogP contribution in [-0.2, 0) is 11.2 Å². The third-order valence-corrected chi connectivity index (χ3v) is 2.46. The molecule has 0 heterocycles. The van der Waals surface area contributed by atoms with E-state index in [9.17, 15) is 9.90 Å². The first-order valence-electron chi connectivity index (χ1n) is 5.58. The summed E-state index contributed by atoms with van der Waals surface area (Å²) in [6.45, 7) is 1.60. The predicted molar refractivity (Wildman–Crippen MR) is 64.3 cm³/mol. The predicted octanol–water partition coefficient (Wildman–Crippen LogP) is 1.67. The minimum Gasteiger partial charge on any atom is -0.504 e. The average Bonchev–Trinajstić information content (AvgIpc) is 2.27. The minimum absolute atomic E-state index is 0.0343. The molecule has 0 spiro atoms. The zero-order valence-corrected chi connectivity index (χ0v) is 10.1. The molecule has 0 radical (unpaired) electrons. The molecule has 0 saturated carbocycles. The number of carbonyl (C=O) groups is 1. The maximum Gasteiger partial charge on any atom is 0.160 e. The van der Waals surface area contributed by atoms with Crippen molar-refractivity contribution >= 4 is 5.78 Å². The Labute approximate surface area is 101 Å². The van der Waals surface area contributed by atoms with E-state index < -0.39 is 6.10 Å². The molecule has 0 unspecified atom stereocenters. The maximum atomic E-state index is 11.4. The van der Waals surface area contributed by atoms with E-state index in [0.29, 0.717) is 18.6 Å². The standard InChI is InChI=1S/C13H18O4/c1-9(14)7-11(15)5-3-10-4-6-12(16)13(8-10)17-2/h4,6,8-9,14,16H,3,5,7H2,1-2H3/t9-/m0/s1. The highest BCUT2D eigenvalue weighted by Crippen LogP contribution is 2.26. The number of phenols is 1. The van der Waals surface area contributed by atoms with Gasteiger partial charge in [0.25, 0.3) is 0 Å². The zero-order valence-electron chi connectivity index (χ0n) is 10.1. The van der Waals surface area contributed by atoms with Crippen molar-refractivity contribution < 1.29 is 19.7 Å². The number of phenolic OH excluding ortho intramolecular Hbond substituents is 1. The number of Topliss-reactive ketones (excluding diaryl/α,β-unsaturated/α-hetero) is 1. The van der Waals surface area contributed by atoms with Crippen LogP contribution < -0.4 is 4.74 Å². The van der Waals surface area contributed by atoms with Crippen LogP contribution in [0.1, 0.15) is 25.3 Å². The lowest BCUT2D eigenvalue weighted by molar-refractivity contribution is -0.120. The SMILES string of the molecule is COc1cc(CCC(=O)C[C@H](C)O)ccc1O. The highest BCUT2D eigenvalue weighted by Gasteiger charge is 2.08. The Hall–Kier alpha value is -1.55. The fourth-order valence-electron chi connectivity index (χ4n) is 1.59. The molecule has 0 fully saturated rings. The minimum atomic E-state index is -0.586. The van der Waals surface area contributed by atoms with Crippen molar-refractivity contribution in [3.05, 3.63) is 23.8 Å². The van der Waals surface area contributed by atoms with E-state index in [1.807, 2.05) is 0 Å². The van der Waals surface area contributed by atoms with Gasteiger partial charge in [-0.25, -0.2) is 0 Å². The Morgan fingerprint density at radius 1 is 1.47 bits per heavy atom. The summed E-state index contributed by atoms with van der Waals surface area (Å²) in [5.74, 6) is 0.532. The summed E-state index contributed by atoms with van der Waals surface area (Å²) in [6.07, 6.45) is 0.577. The summed E-state index contributed by atoms with van der Waals surface area (Å²) in [5.41, 5.74) is 0.929. The smallest absolute Gasteiger partial charge is 0.160 e. The van der Waals surface area contributed by atoms with Gasteiger partial charge in [-0.1, -0.05) is 6.07 Å². The number of aryl methyl sites for hydroxylation is 1. The van der Waals surface area contributed by atoms with Gasteiger partial charge in [0.2, 0.25) is 0 Å². The number of ether oxygens (including phenoxy) is 1. The lowest BCUT2D eigenvalue weighted by Crippen LogP contribution is -2.09. The van der Waals surface area contributed by atoms with E-state index in [-0.39, 0.29) is 18.0 Å². The lowest BCUT2D eigenvalue weighted by atomic mass is 10.0. The summed E-state index contributed by atoms with van der Waals surface area (Å²) in [5, 5.41) is 18.5. The molecule has 0 aromatic heterocycles. The Balaban J connectivity index is 2.55. The normalized spacial score (nSPS) is 12.2. The zero-order chi connectivity index (χ0) is 12.8. The fraction of sp³-hybridized carbons (Fsp3) is 0.462. The van der Waals surface area contributed by atoms with Gasteiger partial charge < -0.3 is 14.9 Å². The molecule has 0 aliphatic rings. The van der Waals surface area contributed by atoms with Crippen molar-refractivity contribution in [1.29, 1.82) is 0 Å². The van der Waals surface area contributed by atoms with Crippen LogP contribution >= 0.6 is 0 Å². The number of aliphatic hydroxyl groups excluding tert-OH is 1. The molecular weight excluding hydrogens is 220 g/mol. The van der Waals surface area contributed by atoms with Crippen molar-refractivity contribution in [2.45, 2.75) is 32.3 Å². The van der Waals surface area contributed by atoms with Gasteiger partial charge in [-0.3, -0.25) is 4.79 Å². The molecule has 4 nitrogen and oxygen atoms in total. The third-order valence-electron chi connectivity index (χ3n) is 2.46. The third kappa shape index (κ3) is 4.44. The van der Waals surface area contributed by atoms with Crippen molar-refractivity contribution in [1.82, 2.24) is 0 Å². The summed E-state index contributed by atoms with van der Waals surface area (Å²) in [4.78, 5) is 11.4. The van der Waals surface area contributed by atoms with Crippen LogP contribution in [0.15, 0.2) is 18.2 Å². The molecule has 1 rings (SSSR count). The Kier molecular flexibility index (Phi) is 4.97. The van der Waals surface area contributed by atoms with Crippen molar-refractivity contribution in [3.8, 4) is 11.5 Å². The van der Waals surface area contributed by atoms with Crippen molar-refractivity contribution in [3.63, 3.8) is 0 Å². The molecule has 0 saturated heterocycles. The summed E-state index contributed by atoms with van der Waals surface area (Å²) in [7, 11) is 1.48. The highest BCUT2D eigenvalue weighted by molar-refractivity contribution is 5.79. The van der Waals surface area contributed by atoms with Gasteiger partial charge in [0.1, 0.15) is 5.78 Å². The fourth-order valence-corrected chi connectivity index (χ4v) is 1.59. The van der Waals surface area contributed by atoms with E-state index in [1.165, 1.54) is 7.11 Å². The second kappa shape index (κ2) is 6.25. The van der Waals surface area contributed by atoms with E-state index >= 15 is 0 Å². The summed E-state index contributed by atoms with van der Waals surface area (Å²) in [6, 6.07) is 5.02. The second-order valence-electron chi connectivity index (χ2n) is 4.10. The number of methoxy groups -OCH3 is 1. The van der Waals surface area contributed by atoms with Crippen LogP contribution in [0.4, 0.5) is 0 Å². The van der Waals surface area contributed by atoms with E-state index in [2.05, 4.69) is 0 Å². The molecule has 4 heteroatoms. The monoisotopic (exact) mass is 238 g/mol. The molecule has 94 valence electrons. The molecule has 2 N–H and O–H groups in total. The van der Waals surface area contributed by atoms with E-state index in [4.69, 9.17) is 9.84 Å². The first-order valence-corrected chi connectivity index (χ1v) is 5.58. The summed E-state index contributed by atoms with van der Waals surface area (Å²) < 4.78 is 4.98. The number of ketones is 1. The van der Waals surface area contributed by atoms with Gasteiger partial charge in [0, 0.05) is 12.8 Å². The quantitative estimate of drug-likeness (QED) is 0.791. The van der Waals surface area contributed by atoms with Crippen LogP contribution in [0.25, 0.3) is 0 Å². The van der Waals surface area contributed by atoms with Crippen LogP contribution in [-0.4, -0.2) is 29.2 Å². The largest absolute Gasteiger partial charge is 0.504 e. The average molecular weight is 238 g/mol. The molecule has 0 aliphatic heterocycles. The maximum absolute atomic E-state index is 11.4. The van der Waals surface area contributed by atoms with Gasteiger partial charge in [-0.15, -0.1) is 0 Å². The van der Waals surface area contributed by atoms with Crippen LogP contribution in [0.3, 0.4) is 0 Å². The molecule has 1 aromatic rings. The highest BCUT2D eigenvalue weighted by atomic mass is 16.5. The summed E-state index contributed by atoms with van der Waals surface area (Å²) >= 11 is 0. The topological polar surface area (TPSA) is 66.8 Å². The Morgan fingerprint density at radius 2 is 2.18 bits per heavy atom. The number of rotatable bonds is 6. The van der Waals surface area contributed by atoms with E-state index in [1.54, 1.807) is 25.1 Å². The molecule has 1 atom stereocenters. The van der Waals surface area contributed by atoms with Crippen LogP contribution in [0.5, 0.6) is 11.5 Å². The van der Waals surface area contributed by atoms with Gasteiger partial charge in [-0.2, -0.15) is 0 Å². The van der Waals surface area contributed by atoms with Gasteiger partial charge >= 0.3 is 0 Å². The second-order valence-corrected chi connectivity index (χ2v) is 4.10. The first kappa shape index (κ1) is 13.5. The Bertz CT molecular complexity index is 385. The van der Waals surface area contributed by atoms with Crippen LogP contribution in [0, 0.1) is 0 Å². The molecule has 0 aliphatic carbocycles. The lowest BCUT2D eigenvalue weighted by Gasteiger charge is -2.07. The number of benzene rings is 1. The van der Waals surface area contributed by atoms with Crippen molar-refractivity contribution in [2.24, 2.45) is 0 Å². The molecular formula is C13H18O4. The molecule has 17 heavy (non-hydrogen) atoms. The van der Waals surface area contributed by atoms with E-state index in [0.717, 1.165) is 5.56 Å². The number of hydrogen-bond acceptors (Lipinski definition) is 4. The number of carbonyl (C=O) groups excluding carboxylic acids is 1. The van der Waals surface area contributed by atoms with Gasteiger partial charge in [-0.05, 0) is 31.0 Å².